The fraction of sp³-hybridized carbons (Fsp3) is 0.387. The van der Waals surface area contributed by atoms with Crippen LogP contribution in [-0.2, 0) is 4.79 Å². The van der Waals surface area contributed by atoms with Crippen LogP contribution in [0.15, 0.2) is 52.5 Å². The minimum atomic E-state index is -1.23. The van der Waals surface area contributed by atoms with Crippen molar-refractivity contribution >= 4 is 29.1 Å². The van der Waals surface area contributed by atoms with Crippen molar-refractivity contribution in [1.29, 1.82) is 0 Å². The van der Waals surface area contributed by atoms with Crippen LogP contribution in [-0.4, -0.2) is 85.4 Å². The Morgan fingerprint density at radius 1 is 1.14 bits per heavy atom. The molecule has 2 heterocycles. The highest BCUT2D eigenvalue weighted by Crippen LogP contribution is 2.51. The summed E-state index contributed by atoms with van der Waals surface area (Å²) in [6.07, 6.45) is 1.96. The van der Waals surface area contributed by atoms with E-state index in [1.165, 1.54) is 20.3 Å². The largest absolute Gasteiger partial charge is 0.493 e. The van der Waals surface area contributed by atoms with Gasteiger partial charge in [0.1, 0.15) is 18.5 Å². The molecule has 1 saturated carbocycles. The van der Waals surface area contributed by atoms with Gasteiger partial charge in [0, 0.05) is 35.2 Å². The third-order valence-electron chi connectivity index (χ3n) is 8.12. The number of ether oxygens (including phenoxy) is 3. The Morgan fingerprint density at radius 2 is 1.93 bits per heavy atom. The van der Waals surface area contributed by atoms with Crippen molar-refractivity contribution < 1.29 is 43.2 Å². The molecular weight excluding hydrogens is 544 g/mol. The number of para-hydroxylation sites is 1. The molecule has 11 heteroatoms. The number of furan rings is 1. The number of hydrogen-bond donors (Lipinski definition) is 3. The highest BCUT2D eigenvalue weighted by molar-refractivity contribution is 5.99. The first-order chi connectivity index (χ1) is 20.4. The normalized spacial score (nSPS) is 22.4. The number of hydrogen-bond acceptors (Lipinski definition) is 9. The van der Waals surface area contributed by atoms with Gasteiger partial charge >= 0.3 is 0 Å². The third-order valence-corrected chi connectivity index (χ3v) is 8.12. The van der Waals surface area contributed by atoms with Crippen LogP contribution in [0.25, 0.3) is 11.0 Å². The van der Waals surface area contributed by atoms with Crippen molar-refractivity contribution in [1.82, 2.24) is 10.2 Å². The molecule has 220 valence electrons. The van der Waals surface area contributed by atoms with E-state index in [9.17, 15) is 24.6 Å². The summed E-state index contributed by atoms with van der Waals surface area (Å²) in [5.74, 6) is -0.225. The number of aldehydes is 1. The molecule has 42 heavy (non-hydrogen) atoms. The van der Waals surface area contributed by atoms with Gasteiger partial charge in [-0.3, -0.25) is 14.4 Å². The minimum Gasteiger partial charge on any atom is -0.493 e. The lowest BCUT2D eigenvalue weighted by molar-refractivity contribution is -0.118. The Morgan fingerprint density at radius 3 is 2.62 bits per heavy atom. The van der Waals surface area contributed by atoms with Crippen molar-refractivity contribution in [3.05, 3.63) is 64.9 Å². The Hall–Kier alpha value is -4.35. The van der Waals surface area contributed by atoms with E-state index < -0.39 is 36.0 Å². The zero-order chi connectivity index (χ0) is 29.5. The molecule has 3 aromatic rings. The van der Waals surface area contributed by atoms with E-state index >= 15 is 0 Å². The standard InChI is InChI=1S/C31H32N2O9/c1-39-22-5-3-4-18-12-24(41-27(18)22)31(38)33(14-16-6-7-16)21-13-20(30(37)32-8-9-34)25-19-10-17(15-35)11-23(40-2)28(19)42-29(25)26(21)36/h3-5,10-13,15-16,21,25-26,29,34,36H,6-9,14H2,1-2H3,(H,32,37). The van der Waals surface area contributed by atoms with Crippen LogP contribution in [0.4, 0.5) is 0 Å². The molecule has 3 aliphatic rings. The molecule has 4 unspecified atom stereocenters. The summed E-state index contributed by atoms with van der Waals surface area (Å²) in [7, 11) is 2.96. The molecule has 1 fully saturated rings. The number of rotatable bonds is 10. The molecule has 1 aromatic heterocycles. The molecule has 2 aromatic carbocycles. The topological polar surface area (TPSA) is 148 Å². The molecule has 11 nitrogen and oxygen atoms in total. The number of methoxy groups -OCH3 is 2. The van der Waals surface area contributed by atoms with E-state index in [-0.39, 0.29) is 30.4 Å². The van der Waals surface area contributed by atoms with Crippen LogP contribution < -0.4 is 19.5 Å². The van der Waals surface area contributed by atoms with Gasteiger partial charge in [-0.15, -0.1) is 0 Å². The summed E-state index contributed by atoms with van der Waals surface area (Å²) >= 11 is 0. The highest BCUT2D eigenvalue weighted by atomic mass is 16.5. The van der Waals surface area contributed by atoms with E-state index in [0.29, 0.717) is 52.2 Å². The van der Waals surface area contributed by atoms with E-state index in [4.69, 9.17) is 18.6 Å². The predicted octanol–water partition coefficient (Wildman–Crippen LogP) is 2.44. The smallest absolute Gasteiger partial charge is 0.290 e. The number of aliphatic hydroxyl groups excluding tert-OH is 2. The van der Waals surface area contributed by atoms with E-state index in [1.807, 2.05) is 6.07 Å². The quantitative estimate of drug-likeness (QED) is 0.310. The summed E-state index contributed by atoms with van der Waals surface area (Å²) in [5.41, 5.74) is 1.54. The number of carbonyl (C=O) groups excluding carboxylic acids is 3. The summed E-state index contributed by atoms with van der Waals surface area (Å²) in [6, 6.07) is 9.22. The lowest BCUT2D eigenvalue weighted by atomic mass is 9.77. The van der Waals surface area contributed by atoms with Crippen LogP contribution in [0.1, 0.15) is 45.2 Å². The van der Waals surface area contributed by atoms with Crippen LogP contribution in [0.3, 0.4) is 0 Å². The Labute approximate surface area is 241 Å². The maximum atomic E-state index is 14.1. The van der Waals surface area contributed by atoms with Crippen molar-refractivity contribution in [2.75, 3.05) is 33.9 Å². The van der Waals surface area contributed by atoms with Gasteiger partial charge in [-0.2, -0.15) is 0 Å². The Bertz CT molecular complexity index is 1570. The van der Waals surface area contributed by atoms with Gasteiger partial charge < -0.3 is 39.1 Å². The number of aliphatic hydroxyl groups is 2. The Kier molecular flexibility index (Phi) is 7.38. The van der Waals surface area contributed by atoms with Crippen molar-refractivity contribution in [3.63, 3.8) is 0 Å². The molecule has 2 amide bonds. The summed E-state index contributed by atoms with van der Waals surface area (Å²) < 4.78 is 23.1. The van der Waals surface area contributed by atoms with Crippen LogP contribution in [0.5, 0.6) is 17.2 Å². The lowest BCUT2D eigenvalue weighted by Gasteiger charge is -2.40. The van der Waals surface area contributed by atoms with Crippen molar-refractivity contribution in [2.45, 2.75) is 37.0 Å². The third kappa shape index (κ3) is 4.78. The van der Waals surface area contributed by atoms with Crippen LogP contribution in [0, 0.1) is 5.92 Å². The molecular formula is C31H32N2O9. The number of benzene rings is 2. The van der Waals surface area contributed by atoms with E-state index in [0.717, 1.165) is 12.8 Å². The number of fused-ring (bicyclic) bond motifs is 4. The Balaban J connectivity index is 1.44. The van der Waals surface area contributed by atoms with Crippen molar-refractivity contribution in [3.8, 4) is 17.2 Å². The van der Waals surface area contributed by atoms with Crippen LogP contribution in [0.2, 0.25) is 0 Å². The molecule has 1 aliphatic heterocycles. The molecule has 0 radical (unpaired) electrons. The lowest BCUT2D eigenvalue weighted by Crippen LogP contribution is -2.56. The molecule has 3 N–H and O–H groups in total. The summed E-state index contributed by atoms with van der Waals surface area (Å²) in [4.78, 5) is 40.8. The molecule has 4 atom stereocenters. The summed E-state index contributed by atoms with van der Waals surface area (Å²) in [6.45, 7) is 0.0919. The SMILES string of the molecule is COc1cc(C=O)cc2c1OC1C2C(C(=O)NCCO)=CC(N(CC2CC2)C(=O)c2cc3cccc(OC)c3o2)C1O. The van der Waals surface area contributed by atoms with Gasteiger partial charge in [0.15, 0.2) is 28.6 Å². The van der Waals surface area contributed by atoms with E-state index in [1.54, 1.807) is 35.2 Å². The highest BCUT2D eigenvalue weighted by Gasteiger charge is 2.52. The maximum Gasteiger partial charge on any atom is 0.290 e. The molecule has 0 saturated heterocycles. The first kappa shape index (κ1) is 27.8. The second-order valence-electron chi connectivity index (χ2n) is 10.8. The monoisotopic (exact) mass is 576 g/mol. The molecule has 0 bridgehead atoms. The van der Waals surface area contributed by atoms with Gasteiger partial charge in [-0.25, -0.2) is 0 Å². The summed E-state index contributed by atoms with van der Waals surface area (Å²) in [5, 5.41) is 24.5. The van der Waals surface area contributed by atoms with Crippen molar-refractivity contribution in [2.24, 2.45) is 5.92 Å². The number of carbonyl (C=O) groups is 3. The molecule has 0 spiro atoms. The second kappa shape index (κ2) is 11.1. The van der Waals surface area contributed by atoms with Gasteiger partial charge in [0.05, 0.1) is 32.8 Å². The van der Waals surface area contributed by atoms with E-state index in [2.05, 4.69) is 5.32 Å². The number of nitrogens with one attached hydrogen (secondary N) is 1. The van der Waals surface area contributed by atoms with Gasteiger partial charge in [0.25, 0.3) is 5.91 Å². The zero-order valence-corrected chi connectivity index (χ0v) is 23.2. The predicted molar refractivity (Wildman–Crippen MR) is 150 cm³/mol. The van der Waals surface area contributed by atoms with Crippen LogP contribution >= 0.6 is 0 Å². The fourth-order valence-electron chi connectivity index (χ4n) is 5.92. The van der Waals surface area contributed by atoms with Gasteiger partial charge in [0.2, 0.25) is 5.91 Å². The second-order valence-corrected chi connectivity index (χ2v) is 10.8. The number of amides is 2. The zero-order valence-electron chi connectivity index (χ0n) is 23.2. The minimum absolute atomic E-state index is 0.0116. The number of nitrogens with zero attached hydrogens (tertiary/aromatic N) is 1. The first-order valence-corrected chi connectivity index (χ1v) is 13.9. The van der Waals surface area contributed by atoms with Gasteiger partial charge in [-0.05, 0) is 49.1 Å². The molecule has 2 aliphatic carbocycles. The van der Waals surface area contributed by atoms with Gasteiger partial charge in [-0.1, -0.05) is 12.1 Å². The maximum absolute atomic E-state index is 14.1. The average Bonchev–Trinajstić information content (AvgIpc) is 3.58. The fourth-order valence-corrected chi connectivity index (χ4v) is 5.92. The average molecular weight is 577 g/mol. The molecule has 6 rings (SSSR count). The first-order valence-electron chi connectivity index (χ1n) is 13.9.